The van der Waals surface area contributed by atoms with Crippen molar-refractivity contribution in [2.24, 2.45) is 5.92 Å². The van der Waals surface area contributed by atoms with E-state index in [4.69, 9.17) is 5.11 Å². The highest BCUT2D eigenvalue weighted by atomic mass is 16.4. The van der Waals surface area contributed by atoms with E-state index >= 15 is 0 Å². The Morgan fingerprint density at radius 3 is 2.47 bits per heavy atom. The zero-order chi connectivity index (χ0) is 14.7. The van der Waals surface area contributed by atoms with Crippen LogP contribution in [0.2, 0.25) is 0 Å². The highest BCUT2D eigenvalue weighted by molar-refractivity contribution is 5.95. The van der Waals surface area contributed by atoms with Crippen LogP contribution in [0.15, 0.2) is 0 Å². The minimum Gasteiger partial charge on any atom is -0.481 e. The van der Waals surface area contributed by atoms with E-state index in [1.165, 1.54) is 0 Å². The quantitative estimate of drug-likeness (QED) is 0.452. The molecule has 7 heteroatoms. The second-order valence-electron chi connectivity index (χ2n) is 4.41. The number of rotatable bonds is 9. The van der Waals surface area contributed by atoms with E-state index in [9.17, 15) is 14.4 Å². The molecule has 0 fully saturated rings. The maximum Gasteiger partial charge on any atom is 0.321 e. The van der Waals surface area contributed by atoms with Crippen LogP contribution in [-0.2, 0) is 9.59 Å². The molecule has 3 amide bonds. The number of carboxylic acid groups (broad SMARTS) is 1. The number of aliphatic carboxylic acids is 1. The van der Waals surface area contributed by atoms with Gasteiger partial charge in [-0.2, -0.15) is 0 Å². The summed E-state index contributed by atoms with van der Waals surface area (Å²) in [6.45, 7) is 4.89. The van der Waals surface area contributed by atoms with Gasteiger partial charge in [0.15, 0.2) is 0 Å². The van der Waals surface area contributed by atoms with Crippen LogP contribution in [0.1, 0.15) is 33.1 Å². The maximum absolute atomic E-state index is 11.3. The summed E-state index contributed by atoms with van der Waals surface area (Å²) >= 11 is 0. The predicted molar refractivity (Wildman–Crippen MR) is 70.7 cm³/mol. The lowest BCUT2D eigenvalue weighted by molar-refractivity contribution is -0.137. The molecule has 19 heavy (non-hydrogen) atoms. The zero-order valence-corrected chi connectivity index (χ0v) is 11.5. The summed E-state index contributed by atoms with van der Waals surface area (Å²) in [6.07, 6.45) is 1.59. The number of carboxylic acids is 1. The van der Waals surface area contributed by atoms with E-state index in [0.717, 1.165) is 6.42 Å². The molecule has 0 aromatic rings. The van der Waals surface area contributed by atoms with E-state index in [2.05, 4.69) is 16.0 Å². The Kier molecular flexibility index (Phi) is 9.42. The van der Waals surface area contributed by atoms with Gasteiger partial charge in [0.2, 0.25) is 5.91 Å². The molecule has 0 aromatic heterocycles. The summed E-state index contributed by atoms with van der Waals surface area (Å²) in [4.78, 5) is 32.7. The number of nitrogens with one attached hydrogen (secondary N) is 3. The second-order valence-corrected chi connectivity index (χ2v) is 4.41. The summed E-state index contributed by atoms with van der Waals surface area (Å²) in [6, 6.07) is -0.496. The second kappa shape index (κ2) is 10.3. The van der Waals surface area contributed by atoms with E-state index in [1.807, 2.05) is 6.92 Å². The van der Waals surface area contributed by atoms with Gasteiger partial charge in [-0.05, 0) is 32.2 Å². The highest BCUT2D eigenvalue weighted by Gasteiger charge is 2.07. The Labute approximate surface area is 113 Å². The number of carbonyl (C=O) groups excluding carboxylic acids is 2. The van der Waals surface area contributed by atoms with Gasteiger partial charge in [-0.15, -0.1) is 0 Å². The topological polar surface area (TPSA) is 108 Å². The molecular weight excluding hydrogens is 250 g/mol. The van der Waals surface area contributed by atoms with Crippen LogP contribution in [-0.4, -0.2) is 42.6 Å². The molecule has 4 N–H and O–H groups in total. The van der Waals surface area contributed by atoms with Crippen LogP contribution in [0.25, 0.3) is 0 Å². The zero-order valence-electron chi connectivity index (χ0n) is 11.5. The molecule has 0 saturated carbocycles. The molecule has 110 valence electrons. The van der Waals surface area contributed by atoms with Gasteiger partial charge in [-0.1, -0.05) is 6.92 Å². The number of hydrogen-bond acceptors (Lipinski definition) is 4. The van der Waals surface area contributed by atoms with Gasteiger partial charge in [0.05, 0.1) is 6.54 Å². The molecule has 1 unspecified atom stereocenters. The third-order valence-corrected chi connectivity index (χ3v) is 2.54. The van der Waals surface area contributed by atoms with Gasteiger partial charge in [0, 0.05) is 13.0 Å². The molecule has 7 nitrogen and oxygen atoms in total. The Bertz CT molecular complexity index is 307. The number of amides is 3. The molecule has 0 aromatic carbocycles. The van der Waals surface area contributed by atoms with Crippen molar-refractivity contribution in [3.63, 3.8) is 0 Å². The molecule has 1 atom stereocenters. The normalized spacial score (nSPS) is 11.7. The van der Waals surface area contributed by atoms with Crippen molar-refractivity contribution in [2.45, 2.75) is 33.1 Å². The largest absolute Gasteiger partial charge is 0.481 e. The van der Waals surface area contributed by atoms with E-state index < -0.39 is 12.0 Å². The first-order valence-electron chi connectivity index (χ1n) is 6.45. The molecule has 0 aliphatic carbocycles. The number of urea groups is 1. The monoisotopic (exact) mass is 273 g/mol. The lowest BCUT2D eigenvalue weighted by atomic mass is 10.0. The van der Waals surface area contributed by atoms with Crippen LogP contribution in [0.4, 0.5) is 4.79 Å². The van der Waals surface area contributed by atoms with Gasteiger partial charge >= 0.3 is 12.0 Å². The standard InChI is InChI=1S/C12H23N3O4/c1-3-14-12(19)15-10(16)8-13-7-6-9(2)4-5-11(17)18/h9,13H,3-8H2,1-2H3,(H,17,18)(H2,14,15,16,19). The van der Waals surface area contributed by atoms with Gasteiger partial charge in [0.25, 0.3) is 0 Å². The van der Waals surface area contributed by atoms with Crippen molar-refractivity contribution >= 4 is 17.9 Å². The van der Waals surface area contributed by atoms with Gasteiger partial charge in [-0.25, -0.2) is 4.79 Å². The molecule has 0 radical (unpaired) electrons. The third kappa shape index (κ3) is 11.2. The SMILES string of the molecule is CCNC(=O)NC(=O)CNCCC(C)CCC(=O)O. The van der Waals surface area contributed by atoms with Crippen LogP contribution >= 0.6 is 0 Å². The minimum atomic E-state index is -0.791. The first-order chi connectivity index (χ1) is 8.95. The van der Waals surface area contributed by atoms with Crippen LogP contribution in [0.5, 0.6) is 0 Å². The van der Waals surface area contributed by atoms with Gasteiger partial charge in [0.1, 0.15) is 0 Å². The average molecular weight is 273 g/mol. The Hall–Kier alpha value is -1.63. The number of hydrogen-bond donors (Lipinski definition) is 4. The van der Waals surface area contributed by atoms with Crippen molar-refractivity contribution in [3.05, 3.63) is 0 Å². The lowest BCUT2D eigenvalue weighted by Crippen LogP contribution is -2.43. The van der Waals surface area contributed by atoms with E-state index in [-0.39, 0.29) is 24.8 Å². The summed E-state index contributed by atoms with van der Waals surface area (Å²) < 4.78 is 0. The fourth-order valence-electron chi connectivity index (χ4n) is 1.44. The fourth-order valence-corrected chi connectivity index (χ4v) is 1.44. The number of imide groups is 1. The van der Waals surface area contributed by atoms with Crippen molar-refractivity contribution in [3.8, 4) is 0 Å². The van der Waals surface area contributed by atoms with Gasteiger partial charge in [-0.3, -0.25) is 14.9 Å². The molecule has 0 heterocycles. The fraction of sp³-hybridized carbons (Fsp3) is 0.750. The lowest BCUT2D eigenvalue weighted by Gasteiger charge is -2.10. The highest BCUT2D eigenvalue weighted by Crippen LogP contribution is 2.08. The van der Waals surface area contributed by atoms with Gasteiger partial charge < -0.3 is 15.7 Å². The summed E-state index contributed by atoms with van der Waals surface area (Å²) in [5.74, 6) is -0.889. The number of carbonyl (C=O) groups is 3. The molecule has 0 rings (SSSR count). The summed E-state index contributed by atoms with van der Waals surface area (Å²) in [5, 5.41) is 16.1. The summed E-state index contributed by atoms with van der Waals surface area (Å²) in [5.41, 5.74) is 0. The van der Waals surface area contributed by atoms with Crippen molar-refractivity contribution in [2.75, 3.05) is 19.6 Å². The maximum atomic E-state index is 11.3. The summed E-state index contributed by atoms with van der Waals surface area (Å²) in [7, 11) is 0. The van der Waals surface area contributed by atoms with Crippen molar-refractivity contribution in [1.82, 2.24) is 16.0 Å². The van der Waals surface area contributed by atoms with E-state index in [1.54, 1.807) is 6.92 Å². The first-order valence-corrected chi connectivity index (χ1v) is 6.45. The van der Waals surface area contributed by atoms with Crippen molar-refractivity contribution < 1.29 is 19.5 Å². The minimum absolute atomic E-state index is 0.0722. The van der Waals surface area contributed by atoms with Crippen LogP contribution in [0, 0.1) is 5.92 Å². The predicted octanol–water partition coefficient (Wildman–Crippen LogP) is 0.313. The third-order valence-electron chi connectivity index (χ3n) is 2.54. The first kappa shape index (κ1) is 17.4. The van der Waals surface area contributed by atoms with E-state index in [0.29, 0.717) is 19.5 Å². The molecule has 0 aliphatic rings. The smallest absolute Gasteiger partial charge is 0.321 e. The molecular formula is C12H23N3O4. The van der Waals surface area contributed by atoms with Crippen molar-refractivity contribution in [1.29, 1.82) is 0 Å². The Morgan fingerprint density at radius 2 is 1.89 bits per heavy atom. The molecule has 0 aliphatic heterocycles. The molecule has 0 bridgehead atoms. The van der Waals surface area contributed by atoms with Crippen LogP contribution < -0.4 is 16.0 Å². The Morgan fingerprint density at radius 1 is 1.21 bits per heavy atom. The van der Waals surface area contributed by atoms with Crippen LogP contribution in [0.3, 0.4) is 0 Å². The molecule has 0 saturated heterocycles. The molecule has 0 spiro atoms. The Balaban J connectivity index is 3.55. The average Bonchev–Trinajstić information content (AvgIpc) is 2.32.